The number of para-hydroxylation sites is 1. The highest BCUT2D eigenvalue weighted by Gasteiger charge is 2.14. The molecule has 0 atom stereocenters. The molecule has 0 saturated carbocycles. The van der Waals surface area contributed by atoms with Crippen molar-refractivity contribution >= 4 is 0 Å². The number of nitrogens with zero attached hydrogens (tertiary/aromatic N) is 2. The molecule has 21 heavy (non-hydrogen) atoms. The fourth-order valence-electron chi connectivity index (χ4n) is 2.25. The summed E-state index contributed by atoms with van der Waals surface area (Å²) in [6.45, 7) is 3.89. The average Bonchev–Trinajstić information content (AvgIpc) is 2.93. The van der Waals surface area contributed by atoms with Crippen LogP contribution in [0.4, 0.5) is 0 Å². The summed E-state index contributed by atoms with van der Waals surface area (Å²) in [5, 5.41) is 14.1. The summed E-state index contributed by atoms with van der Waals surface area (Å²) in [4.78, 5) is 4.38. The number of phenols is 1. The maximum atomic E-state index is 10.1. The summed E-state index contributed by atoms with van der Waals surface area (Å²) in [5.74, 6) is 1.14. The minimum Gasteiger partial charge on any atom is -0.507 e. The third kappa shape index (κ3) is 2.65. The van der Waals surface area contributed by atoms with E-state index >= 15 is 0 Å². The number of hydrogen-bond donors (Lipinski definition) is 1. The summed E-state index contributed by atoms with van der Waals surface area (Å²) in [5.41, 5.74) is 3.71. The Morgan fingerprint density at radius 2 is 1.76 bits per heavy atom. The van der Waals surface area contributed by atoms with Crippen molar-refractivity contribution < 1.29 is 9.63 Å². The second-order valence-electron chi connectivity index (χ2n) is 5.09. The fourth-order valence-corrected chi connectivity index (χ4v) is 2.25. The lowest BCUT2D eigenvalue weighted by molar-refractivity contribution is 0.418. The molecule has 3 rings (SSSR count). The molecule has 0 aliphatic rings. The van der Waals surface area contributed by atoms with Crippen molar-refractivity contribution in [2.75, 3.05) is 0 Å². The Labute approximate surface area is 123 Å². The van der Waals surface area contributed by atoms with Gasteiger partial charge in [0.05, 0.1) is 5.56 Å². The van der Waals surface area contributed by atoms with Crippen molar-refractivity contribution in [3.8, 4) is 17.2 Å². The maximum Gasteiger partial charge on any atom is 0.261 e. The largest absolute Gasteiger partial charge is 0.507 e. The van der Waals surface area contributed by atoms with Gasteiger partial charge in [-0.15, -0.1) is 0 Å². The molecule has 1 aromatic heterocycles. The molecule has 0 spiro atoms. The van der Waals surface area contributed by atoms with Crippen molar-refractivity contribution in [2.45, 2.75) is 20.3 Å². The number of phenolic OH excluding ortho intramolecular Hbond substituents is 1. The molecule has 106 valence electrons. The molecule has 1 heterocycles. The van der Waals surface area contributed by atoms with Crippen LogP contribution in [0, 0.1) is 13.8 Å². The van der Waals surface area contributed by atoms with Crippen LogP contribution in [0.15, 0.2) is 47.0 Å². The van der Waals surface area contributed by atoms with Gasteiger partial charge in [-0.2, -0.15) is 4.98 Å². The van der Waals surface area contributed by atoms with Gasteiger partial charge in [0.2, 0.25) is 0 Å². The molecule has 0 bridgehead atoms. The van der Waals surface area contributed by atoms with E-state index in [1.165, 1.54) is 11.1 Å². The zero-order chi connectivity index (χ0) is 14.8. The van der Waals surface area contributed by atoms with Gasteiger partial charge in [-0.1, -0.05) is 41.6 Å². The number of rotatable bonds is 3. The first-order valence-corrected chi connectivity index (χ1v) is 6.81. The van der Waals surface area contributed by atoms with E-state index in [1.54, 1.807) is 6.07 Å². The summed E-state index contributed by atoms with van der Waals surface area (Å²) in [6, 6.07) is 13.6. The molecule has 0 fully saturated rings. The second kappa shape index (κ2) is 5.40. The van der Waals surface area contributed by atoms with Gasteiger partial charge in [0.1, 0.15) is 5.75 Å². The van der Waals surface area contributed by atoms with Crippen LogP contribution in [-0.2, 0) is 6.42 Å². The van der Waals surface area contributed by atoms with E-state index in [1.807, 2.05) is 31.2 Å². The molecule has 1 N–H and O–H groups in total. The van der Waals surface area contributed by atoms with E-state index in [0.717, 1.165) is 5.56 Å². The van der Waals surface area contributed by atoms with E-state index in [4.69, 9.17) is 4.52 Å². The van der Waals surface area contributed by atoms with Gasteiger partial charge in [0.25, 0.3) is 5.89 Å². The first kappa shape index (κ1) is 13.4. The van der Waals surface area contributed by atoms with Crippen LogP contribution in [0.3, 0.4) is 0 Å². The first-order valence-electron chi connectivity index (χ1n) is 6.81. The number of hydrogen-bond acceptors (Lipinski definition) is 4. The fraction of sp³-hybridized carbons (Fsp3) is 0.176. The van der Waals surface area contributed by atoms with Crippen LogP contribution in [0.1, 0.15) is 22.5 Å². The summed E-state index contributed by atoms with van der Waals surface area (Å²) in [7, 11) is 0. The van der Waals surface area contributed by atoms with Crippen molar-refractivity contribution in [1.29, 1.82) is 0 Å². The van der Waals surface area contributed by atoms with Crippen LogP contribution in [0.2, 0.25) is 0 Å². The molecular formula is C17H16N2O2. The number of aryl methyl sites for hydroxylation is 2. The van der Waals surface area contributed by atoms with Crippen molar-refractivity contribution in [2.24, 2.45) is 0 Å². The van der Waals surface area contributed by atoms with Gasteiger partial charge in [-0.05, 0) is 36.6 Å². The number of aromatic hydroxyl groups is 1. The maximum absolute atomic E-state index is 10.1. The number of benzene rings is 2. The summed E-state index contributed by atoms with van der Waals surface area (Å²) >= 11 is 0. The minimum absolute atomic E-state index is 0.184. The Balaban J connectivity index is 1.90. The van der Waals surface area contributed by atoms with E-state index in [2.05, 4.69) is 29.2 Å². The van der Waals surface area contributed by atoms with E-state index in [0.29, 0.717) is 23.7 Å². The highest BCUT2D eigenvalue weighted by Crippen LogP contribution is 2.30. The van der Waals surface area contributed by atoms with Crippen LogP contribution >= 0.6 is 0 Å². The lowest BCUT2D eigenvalue weighted by Gasteiger charge is -2.02. The minimum atomic E-state index is 0.184. The van der Waals surface area contributed by atoms with Gasteiger partial charge < -0.3 is 9.63 Å². The Kier molecular flexibility index (Phi) is 3.44. The van der Waals surface area contributed by atoms with Crippen molar-refractivity contribution in [3.63, 3.8) is 0 Å². The SMILES string of the molecule is Cc1ccccc1Cc1noc(-c2cccc(C)c2O)n1. The molecule has 2 aromatic carbocycles. The predicted molar refractivity (Wildman–Crippen MR) is 80.1 cm³/mol. The molecule has 4 heteroatoms. The highest BCUT2D eigenvalue weighted by atomic mass is 16.5. The normalized spacial score (nSPS) is 10.8. The quantitative estimate of drug-likeness (QED) is 0.795. The van der Waals surface area contributed by atoms with Crippen molar-refractivity contribution in [3.05, 3.63) is 65.0 Å². The monoisotopic (exact) mass is 280 g/mol. The Hall–Kier alpha value is -2.62. The van der Waals surface area contributed by atoms with Gasteiger partial charge in [-0.25, -0.2) is 0 Å². The van der Waals surface area contributed by atoms with E-state index in [9.17, 15) is 5.11 Å². The van der Waals surface area contributed by atoms with E-state index in [-0.39, 0.29) is 5.75 Å². The average molecular weight is 280 g/mol. The number of aromatic nitrogens is 2. The molecule has 0 radical (unpaired) electrons. The molecule has 0 aliphatic carbocycles. The van der Waals surface area contributed by atoms with Gasteiger partial charge >= 0.3 is 0 Å². The first-order chi connectivity index (χ1) is 10.1. The summed E-state index contributed by atoms with van der Waals surface area (Å²) in [6.07, 6.45) is 0.614. The molecular weight excluding hydrogens is 264 g/mol. The van der Waals surface area contributed by atoms with Crippen LogP contribution in [-0.4, -0.2) is 15.2 Å². The van der Waals surface area contributed by atoms with E-state index < -0.39 is 0 Å². The lowest BCUT2D eigenvalue weighted by Crippen LogP contribution is -1.93. The standard InChI is InChI=1S/C17H16N2O2/c1-11-6-3-4-8-13(11)10-15-18-17(21-19-15)14-9-5-7-12(2)16(14)20/h3-9,20H,10H2,1-2H3. The zero-order valence-electron chi connectivity index (χ0n) is 12.0. The predicted octanol–water partition coefficient (Wildman–Crippen LogP) is 3.65. The Morgan fingerprint density at radius 3 is 2.57 bits per heavy atom. The highest BCUT2D eigenvalue weighted by molar-refractivity contribution is 5.64. The Bertz CT molecular complexity index is 778. The lowest BCUT2D eigenvalue weighted by atomic mass is 10.1. The summed E-state index contributed by atoms with van der Waals surface area (Å²) < 4.78 is 5.28. The molecule has 3 aromatic rings. The topological polar surface area (TPSA) is 59.2 Å². The van der Waals surface area contributed by atoms with Gasteiger partial charge in [0.15, 0.2) is 5.82 Å². The van der Waals surface area contributed by atoms with Crippen LogP contribution in [0.25, 0.3) is 11.5 Å². The van der Waals surface area contributed by atoms with Crippen molar-refractivity contribution in [1.82, 2.24) is 10.1 Å². The molecule has 0 amide bonds. The zero-order valence-corrected chi connectivity index (χ0v) is 12.0. The smallest absolute Gasteiger partial charge is 0.261 e. The third-order valence-corrected chi connectivity index (χ3v) is 3.55. The third-order valence-electron chi connectivity index (χ3n) is 3.55. The van der Waals surface area contributed by atoms with Gasteiger partial charge in [0, 0.05) is 6.42 Å². The molecule has 4 nitrogen and oxygen atoms in total. The van der Waals surface area contributed by atoms with Crippen LogP contribution in [0.5, 0.6) is 5.75 Å². The second-order valence-corrected chi connectivity index (χ2v) is 5.09. The molecule has 0 unspecified atom stereocenters. The molecule has 0 saturated heterocycles. The van der Waals surface area contributed by atoms with Crippen LogP contribution < -0.4 is 0 Å². The Morgan fingerprint density at radius 1 is 1.00 bits per heavy atom. The van der Waals surface area contributed by atoms with Gasteiger partial charge in [-0.3, -0.25) is 0 Å². The molecule has 0 aliphatic heterocycles.